The Bertz CT molecular complexity index is 369. The molecule has 0 atom stereocenters. The summed E-state index contributed by atoms with van der Waals surface area (Å²) in [6.07, 6.45) is 3.17. The Labute approximate surface area is 82.1 Å². The summed E-state index contributed by atoms with van der Waals surface area (Å²) in [7, 11) is 0. The molecule has 72 valence electrons. The number of aromatic nitrogens is 1. The average molecular weight is 190 g/mol. The summed E-state index contributed by atoms with van der Waals surface area (Å²) >= 11 is 0. The van der Waals surface area contributed by atoms with Gasteiger partial charge in [-0.2, -0.15) is 5.26 Å². The van der Waals surface area contributed by atoms with Crippen LogP contribution in [0.25, 0.3) is 0 Å². The van der Waals surface area contributed by atoms with E-state index in [1.165, 1.54) is 6.20 Å². The molecule has 0 bridgehead atoms. The quantitative estimate of drug-likeness (QED) is 0.668. The van der Waals surface area contributed by atoms with E-state index < -0.39 is 0 Å². The molecule has 1 aromatic heterocycles. The Morgan fingerprint density at radius 2 is 2.43 bits per heavy atom. The highest BCUT2D eigenvalue weighted by Gasteiger charge is 2.04. The molecule has 0 aliphatic rings. The molecule has 1 aromatic rings. The fourth-order valence-electron chi connectivity index (χ4n) is 1.02. The molecule has 4 heteroatoms. The van der Waals surface area contributed by atoms with Crippen molar-refractivity contribution in [3.63, 3.8) is 0 Å². The van der Waals surface area contributed by atoms with Gasteiger partial charge in [-0.25, -0.2) is 0 Å². The summed E-state index contributed by atoms with van der Waals surface area (Å²) in [4.78, 5) is 14.9. The smallest absolute Gasteiger partial charge is 0.310 e. The number of nitrogens with zero attached hydrogens (tertiary/aromatic N) is 2. The molecule has 4 nitrogen and oxygen atoms in total. The monoisotopic (exact) mass is 190 g/mol. The lowest BCUT2D eigenvalue weighted by atomic mass is 10.1. The van der Waals surface area contributed by atoms with Gasteiger partial charge in [-0.3, -0.25) is 9.78 Å². The van der Waals surface area contributed by atoms with Gasteiger partial charge in [-0.05, 0) is 18.6 Å². The summed E-state index contributed by atoms with van der Waals surface area (Å²) in [5, 5.41) is 8.59. The average Bonchev–Trinajstić information content (AvgIpc) is 2.18. The fraction of sp³-hybridized carbons (Fsp3) is 0.300. The number of carbonyl (C=O) groups excluding carboxylic acids is 1. The first kappa shape index (κ1) is 10.2. The molecular formula is C10H10N2O2. The van der Waals surface area contributed by atoms with Gasteiger partial charge in [0.05, 0.1) is 18.6 Å². The van der Waals surface area contributed by atoms with Crippen LogP contribution in [0.5, 0.6) is 0 Å². The zero-order valence-electron chi connectivity index (χ0n) is 7.86. The minimum atomic E-state index is -0.301. The molecule has 0 saturated heterocycles. The van der Waals surface area contributed by atoms with Crippen molar-refractivity contribution in [3.8, 4) is 6.07 Å². The Balaban J connectivity index is 2.68. The van der Waals surface area contributed by atoms with Crippen LogP contribution in [0, 0.1) is 11.3 Å². The number of hydrogen-bond acceptors (Lipinski definition) is 4. The zero-order chi connectivity index (χ0) is 10.4. The van der Waals surface area contributed by atoms with Gasteiger partial charge in [-0.1, -0.05) is 0 Å². The van der Waals surface area contributed by atoms with Gasteiger partial charge >= 0.3 is 5.97 Å². The normalized spacial score (nSPS) is 9.14. The number of ether oxygens (including phenoxy) is 1. The second kappa shape index (κ2) is 4.97. The third-order valence-electron chi connectivity index (χ3n) is 1.58. The molecule has 1 heterocycles. The standard InChI is InChI=1S/C10H10N2O2/c1-2-14-10(13)4-8-3-9(5-11)7-12-6-8/h3,6-7H,2,4H2,1H3. The van der Waals surface area contributed by atoms with Crippen molar-refractivity contribution in [2.75, 3.05) is 6.61 Å². The van der Waals surface area contributed by atoms with Crippen LogP contribution in [0.1, 0.15) is 18.1 Å². The summed E-state index contributed by atoms with van der Waals surface area (Å²) in [5.74, 6) is -0.301. The maximum Gasteiger partial charge on any atom is 0.310 e. The molecule has 0 unspecified atom stereocenters. The molecule has 0 N–H and O–H groups in total. The predicted molar refractivity (Wildman–Crippen MR) is 49.3 cm³/mol. The molecule has 0 amide bonds. The zero-order valence-corrected chi connectivity index (χ0v) is 7.86. The highest BCUT2D eigenvalue weighted by molar-refractivity contribution is 5.72. The van der Waals surface area contributed by atoms with Crippen LogP contribution >= 0.6 is 0 Å². The minimum absolute atomic E-state index is 0.163. The van der Waals surface area contributed by atoms with Gasteiger partial charge in [-0.15, -0.1) is 0 Å². The van der Waals surface area contributed by atoms with Crippen LogP contribution in [-0.4, -0.2) is 17.6 Å². The summed E-state index contributed by atoms with van der Waals surface area (Å²) < 4.78 is 4.77. The van der Waals surface area contributed by atoms with E-state index in [2.05, 4.69) is 4.98 Å². The molecule has 0 fully saturated rings. The van der Waals surface area contributed by atoms with E-state index in [1.54, 1.807) is 19.2 Å². The molecule has 0 aliphatic heterocycles. The lowest BCUT2D eigenvalue weighted by Crippen LogP contribution is -2.07. The van der Waals surface area contributed by atoms with E-state index in [4.69, 9.17) is 10.00 Å². The number of rotatable bonds is 3. The van der Waals surface area contributed by atoms with Crippen LogP contribution in [0.4, 0.5) is 0 Å². The van der Waals surface area contributed by atoms with Gasteiger partial charge in [0, 0.05) is 12.4 Å². The van der Waals surface area contributed by atoms with E-state index in [9.17, 15) is 4.79 Å². The molecule has 0 radical (unpaired) electrons. The Morgan fingerprint density at radius 3 is 3.07 bits per heavy atom. The van der Waals surface area contributed by atoms with Crippen molar-refractivity contribution in [2.45, 2.75) is 13.3 Å². The van der Waals surface area contributed by atoms with Crippen molar-refractivity contribution in [3.05, 3.63) is 29.6 Å². The Kier molecular flexibility index (Phi) is 3.62. The first-order valence-corrected chi connectivity index (χ1v) is 4.26. The number of nitriles is 1. The maximum absolute atomic E-state index is 11.1. The van der Waals surface area contributed by atoms with E-state index >= 15 is 0 Å². The first-order valence-electron chi connectivity index (χ1n) is 4.26. The molecule has 0 aromatic carbocycles. The van der Waals surface area contributed by atoms with E-state index in [0.29, 0.717) is 17.7 Å². The highest BCUT2D eigenvalue weighted by Crippen LogP contribution is 2.03. The van der Waals surface area contributed by atoms with Crippen LogP contribution in [0.15, 0.2) is 18.5 Å². The fourth-order valence-corrected chi connectivity index (χ4v) is 1.02. The van der Waals surface area contributed by atoms with Crippen LogP contribution < -0.4 is 0 Å². The highest BCUT2D eigenvalue weighted by atomic mass is 16.5. The molecular weight excluding hydrogens is 180 g/mol. The molecule has 0 aliphatic carbocycles. The molecule has 1 rings (SSSR count). The van der Waals surface area contributed by atoms with E-state index in [1.807, 2.05) is 6.07 Å². The van der Waals surface area contributed by atoms with Gasteiger partial charge in [0.1, 0.15) is 6.07 Å². The summed E-state index contributed by atoms with van der Waals surface area (Å²) in [6, 6.07) is 3.59. The Morgan fingerprint density at radius 1 is 1.64 bits per heavy atom. The molecule has 14 heavy (non-hydrogen) atoms. The number of esters is 1. The topological polar surface area (TPSA) is 63.0 Å². The second-order valence-corrected chi connectivity index (χ2v) is 2.68. The van der Waals surface area contributed by atoms with Crippen molar-refractivity contribution in [2.24, 2.45) is 0 Å². The lowest BCUT2D eigenvalue weighted by molar-refractivity contribution is -0.142. The minimum Gasteiger partial charge on any atom is -0.466 e. The van der Waals surface area contributed by atoms with Crippen molar-refractivity contribution in [1.29, 1.82) is 5.26 Å². The summed E-state index contributed by atoms with van der Waals surface area (Å²) in [5.41, 5.74) is 1.15. The van der Waals surface area contributed by atoms with Gasteiger partial charge < -0.3 is 4.74 Å². The second-order valence-electron chi connectivity index (χ2n) is 2.68. The Hall–Kier alpha value is -1.89. The maximum atomic E-state index is 11.1. The van der Waals surface area contributed by atoms with E-state index in [-0.39, 0.29) is 12.4 Å². The lowest BCUT2D eigenvalue weighted by Gasteiger charge is -2.01. The number of pyridine rings is 1. The van der Waals surface area contributed by atoms with Crippen LogP contribution in [0.3, 0.4) is 0 Å². The molecule has 0 spiro atoms. The largest absolute Gasteiger partial charge is 0.466 e. The van der Waals surface area contributed by atoms with Crippen molar-refractivity contribution in [1.82, 2.24) is 4.98 Å². The first-order chi connectivity index (χ1) is 6.76. The van der Waals surface area contributed by atoms with Crippen LogP contribution in [-0.2, 0) is 16.0 Å². The number of hydrogen-bond donors (Lipinski definition) is 0. The SMILES string of the molecule is CCOC(=O)Cc1cncc(C#N)c1. The predicted octanol–water partition coefficient (Wildman–Crippen LogP) is 1.06. The van der Waals surface area contributed by atoms with Crippen LogP contribution in [0.2, 0.25) is 0 Å². The van der Waals surface area contributed by atoms with Gasteiger partial charge in [0.25, 0.3) is 0 Å². The molecule has 0 saturated carbocycles. The van der Waals surface area contributed by atoms with E-state index in [0.717, 1.165) is 0 Å². The van der Waals surface area contributed by atoms with Gasteiger partial charge in [0.15, 0.2) is 0 Å². The van der Waals surface area contributed by atoms with Gasteiger partial charge in [0.2, 0.25) is 0 Å². The van der Waals surface area contributed by atoms with Crippen molar-refractivity contribution >= 4 is 5.97 Å². The van der Waals surface area contributed by atoms with Crippen molar-refractivity contribution < 1.29 is 9.53 Å². The third kappa shape index (κ3) is 2.87. The number of carbonyl (C=O) groups is 1. The summed E-state index contributed by atoms with van der Waals surface area (Å²) in [6.45, 7) is 2.12. The third-order valence-corrected chi connectivity index (χ3v) is 1.58.